The van der Waals surface area contributed by atoms with Crippen molar-refractivity contribution in [3.05, 3.63) is 22.7 Å². The van der Waals surface area contributed by atoms with Gasteiger partial charge in [-0.2, -0.15) is 16.3 Å². The first kappa shape index (κ1) is 17.1. The molecular weight excluding hydrogens is 324 g/mol. The number of carbonyl (C=O) groups excluding carboxylic acids is 1. The van der Waals surface area contributed by atoms with E-state index < -0.39 is 0 Å². The lowest BCUT2D eigenvalue weighted by Crippen LogP contribution is -2.49. The largest absolute Gasteiger partial charge is 0.340 e. The van der Waals surface area contributed by atoms with E-state index in [0.717, 1.165) is 44.6 Å². The Morgan fingerprint density at radius 3 is 2.83 bits per heavy atom. The van der Waals surface area contributed by atoms with Crippen LogP contribution in [-0.4, -0.2) is 52.0 Å². The van der Waals surface area contributed by atoms with Crippen molar-refractivity contribution >= 4 is 17.2 Å². The fourth-order valence-corrected chi connectivity index (χ4v) is 3.65. The lowest BCUT2D eigenvalue weighted by Gasteiger charge is -2.35. The van der Waals surface area contributed by atoms with Crippen molar-refractivity contribution in [2.75, 3.05) is 26.2 Å². The van der Waals surface area contributed by atoms with E-state index in [4.69, 9.17) is 4.52 Å². The van der Waals surface area contributed by atoms with E-state index in [0.29, 0.717) is 18.3 Å². The minimum Gasteiger partial charge on any atom is -0.340 e. The molecule has 7 heteroatoms. The Balaban J connectivity index is 1.50. The van der Waals surface area contributed by atoms with E-state index in [-0.39, 0.29) is 11.8 Å². The van der Waals surface area contributed by atoms with Gasteiger partial charge in [0.25, 0.3) is 0 Å². The highest BCUT2D eigenvalue weighted by Gasteiger charge is 2.25. The van der Waals surface area contributed by atoms with E-state index in [9.17, 15) is 4.79 Å². The maximum Gasteiger partial charge on any atom is 0.241 e. The van der Waals surface area contributed by atoms with Crippen LogP contribution in [0.2, 0.25) is 0 Å². The number of amides is 1. The van der Waals surface area contributed by atoms with Gasteiger partial charge in [-0.15, -0.1) is 0 Å². The SMILES string of the molecule is CCCC(C)C(=O)N1CCN(Cc2nc(-c3ccsc3)no2)CC1. The molecule has 0 aliphatic carbocycles. The summed E-state index contributed by atoms with van der Waals surface area (Å²) < 4.78 is 5.36. The van der Waals surface area contributed by atoms with Gasteiger partial charge in [-0.1, -0.05) is 25.4 Å². The van der Waals surface area contributed by atoms with Crippen LogP contribution in [0.25, 0.3) is 11.4 Å². The summed E-state index contributed by atoms with van der Waals surface area (Å²) in [6.45, 7) is 8.04. The van der Waals surface area contributed by atoms with E-state index in [1.165, 1.54) is 0 Å². The van der Waals surface area contributed by atoms with Crippen molar-refractivity contribution in [2.24, 2.45) is 5.92 Å². The van der Waals surface area contributed by atoms with Crippen molar-refractivity contribution < 1.29 is 9.32 Å². The average Bonchev–Trinajstić information content (AvgIpc) is 3.26. The van der Waals surface area contributed by atoms with E-state index in [1.807, 2.05) is 28.7 Å². The molecule has 0 saturated carbocycles. The third kappa shape index (κ3) is 4.02. The van der Waals surface area contributed by atoms with Gasteiger partial charge in [0.05, 0.1) is 6.54 Å². The normalized spacial score (nSPS) is 17.2. The monoisotopic (exact) mass is 348 g/mol. The van der Waals surface area contributed by atoms with Gasteiger partial charge in [0.1, 0.15) is 0 Å². The van der Waals surface area contributed by atoms with Gasteiger partial charge < -0.3 is 9.42 Å². The molecule has 2 aromatic rings. The molecule has 130 valence electrons. The second kappa shape index (κ2) is 7.90. The molecule has 3 rings (SSSR count). The molecule has 1 aliphatic heterocycles. The second-order valence-corrected chi connectivity index (χ2v) is 7.09. The van der Waals surface area contributed by atoms with Gasteiger partial charge >= 0.3 is 0 Å². The van der Waals surface area contributed by atoms with Gasteiger partial charge in [-0.05, 0) is 17.9 Å². The molecule has 0 spiro atoms. The number of hydrogen-bond donors (Lipinski definition) is 0. The number of carbonyl (C=O) groups is 1. The fourth-order valence-electron chi connectivity index (χ4n) is 3.01. The predicted molar refractivity (Wildman–Crippen MR) is 93.5 cm³/mol. The van der Waals surface area contributed by atoms with Crippen molar-refractivity contribution in [1.82, 2.24) is 19.9 Å². The van der Waals surface area contributed by atoms with Crippen LogP contribution >= 0.6 is 11.3 Å². The van der Waals surface area contributed by atoms with Gasteiger partial charge in [-0.3, -0.25) is 9.69 Å². The number of aromatic nitrogens is 2. The number of thiophene rings is 1. The number of nitrogens with zero attached hydrogens (tertiary/aromatic N) is 4. The lowest BCUT2D eigenvalue weighted by molar-refractivity contribution is -0.137. The summed E-state index contributed by atoms with van der Waals surface area (Å²) in [5.41, 5.74) is 0.996. The van der Waals surface area contributed by atoms with E-state index >= 15 is 0 Å². The zero-order chi connectivity index (χ0) is 16.9. The molecule has 0 N–H and O–H groups in total. The Bertz CT molecular complexity index is 647. The molecule has 0 radical (unpaired) electrons. The molecule has 24 heavy (non-hydrogen) atoms. The molecule has 3 heterocycles. The molecule has 6 nitrogen and oxygen atoms in total. The average molecular weight is 348 g/mol. The third-order valence-corrected chi connectivity index (χ3v) is 5.12. The topological polar surface area (TPSA) is 62.5 Å². The maximum atomic E-state index is 12.4. The summed E-state index contributed by atoms with van der Waals surface area (Å²) in [5, 5.41) is 8.05. The standard InChI is InChI=1S/C17H24N4O2S/c1-3-4-13(2)17(22)21-8-6-20(7-9-21)11-15-18-16(19-23-15)14-5-10-24-12-14/h5,10,12-13H,3-4,6-9,11H2,1-2H3. The van der Waals surface area contributed by atoms with Gasteiger partial charge in [0.2, 0.25) is 17.6 Å². The molecule has 1 atom stereocenters. The van der Waals surface area contributed by atoms with Crippen LogP contribution < -0.4 is 0 Å². The second-order valence-electron chi connectivity index (χ2n) is 6.31. The van der Waals surface area contributed by atoms with E-state index in [2.05, 4.69) is 22.0 Å². The summed E-state index contributed by atoms with van der Waals surface area (Å²) in [4.78, 5) is 21.1. The highest BCUT2D eigenvalue weighted by molar-refractivity contribution is 7.08. The van der Waals surface area contributed by atoms with Crippen LogP contribution in [0.1, 0.15) is 32.6 Å². The Hall–Kier alpha value is -1.73. The minimum absolute atomic E-state index is 0.130. The van der Waals surface area contributed by atoms with Crippen molar-refractivity contribution in [2.45, 2.75) is 33.2 Å². The Labute approximate surface area is 146 Å². The first-order valence-corrected chi connectivity index (χ1v) is 9.48. The zero-order valence-electron chi connectivity index (χ0n) is 14.3. The number of rotatable bonds is 6. The summed E-state index contributed by atoms with van der Waals surface area (Å²) in [6.07, 6.45) is 2.02. The molecule has 0 bridgehead atoms. The van der Waals surface area contributed by atoms with Crippen LogP contribution in [0.3, 0.4) is 0 Å². The quantitative estimate of drug-likeness (QED) is 0.803. The van der Waals surface area contributed by atoms with Crippen LogP contribution in [0.15, 0.2) is 21.3 Å². The zero-order valence-corrected chi connectivity index (χ0v) is 15.1. The molecule has 1 amide bonds. The summed E-state index contributed by atoms with van der Waals surface area (Å²) in [5.74, 6) is 1.70. The minimum atomic E-state index is 0.130. The summed E-state index contributed by atoms with van der Waals surface area (Å²) >= 11 is 1.62. The molecule has 1 unspecified atom stereocenters. The highest BCUT2D eigenvalue weighted by Crippen LogP contribution is 2.19. The number of piperazine rings is 1. The Kier molecular flexibility index (Phi) is 5.63. The van der Waals surface area contributed by atoms with Crippen LogP contribution in [-0.2, 0) is 11.3 Å². The predicted octanol–water partition coefficient (Wildman–Crippen LogP) is 2.88. The molecule has 2 aromatic heterocycles. The van der Waals surface area contributed by atoms with Crippen molar-refractivity contribution in [3.8, 4) is 11.4 Å². The van der Waals surface area contributed by atoms with Crippen molar-refractivity contribution in [1.29, 1.82) is 0 Å². The smallest absolute Gasteiger partial charge is 0.241 e. The van der Waals surface area contributed by atoms with Gasteiger partial charge in [0.15, 0.2) is 0 Å². The summed E-state index contributed by atoms with van der Waals surface area (Å²) in [7, 11) is 0. The molecule has 0 aromatic carbocycles. The first-order valence-electron chi connectivity index (χ1n) is 8.53. The highest BCUT2D eigenvalue weighted by atomic mass is 32.1. The van der Waals surface area contributed by atoms with Gasteiger partial charge in [-0.25, -0.2) is 0 Å². The lowest BCUT2D eigenvalue weighted by atomic mass is 10.0. The van der Waals surface area contributed by atoms with E-state index in [1.54, 1.807) is 11.3 Å². The Morgan fingerprint density at radius 2 is 2.17 bits per heavy atom. The number of hydrogen-bond acceptors (Lipinski definition) is 6. The van der Waals surface area contributed by atoms with Gasteiger partial charge in [0, 0.05) is 43.0 Å². The molecule has 1 fully saturated rings. The molecule has 1 aliphatic rings. The maximum absolute atomic E-state index is 12.4. The van der Waals surface area contributed by atoms with Crippen LogP contribution in [0.5, 0.6) is 0 Å². The molecular formula is C17H24N4O2S. The first-order chi connectivity index (χ1) is 11.7. The summed E-state index contributed by atoms with van der Waals surface area (Å²) in [6, 6.07) is 1.99. The van der Waals surface area contributed by atoms with Crippen molar-refractivity contribution in [3.63, 3.8) is 0 Å². The third-order valence-electron chi connectivity index (χ3n) is 4.43. The fraction of sp³-hybridized carbons (Fsp3) is 0.588. The van der Waals surface area contributed by atoms with Crippen LogP contribution in [0, 0.1) is 5.92 Å². The molecule has 1 saturated heterocycles. The Morgan fingerprint density at radius 1 is 1.38 bits per heavy atom. The van der Waals surface area contributed by atoms with Crippen LogP contribution in [0.4, 0.5) is 0 Å².